The van der Waals surface area contributed by atoms with Gasteiger partial charge in [-0.2, -0.15) is 13.2 Å². The van der Waals surface area contributed by atoms with Crippen molar-refractivity contribution in [2.45, 2.75) is 24.7 Å². The van der Waals surface area contributed by atoms with E-state index in [1.807, 2.05) is 6.07 Å². The number of hydrogen-bond donors (Lipinski definition) is 2. The zero-order valence-corrected chi connectivity index (χ0v) is 18.8. The Morgan fingerprint density at radius 3 is 2.18 bits per heavy atom. The van der Waals surface area contributed by atoms with E-state index >= 15 is 0 Å². The molecular weight excluding hydrogens is 463 g/mol. The van der Waals surface area contributed by atoms with Gasteiger partial charge in [-0.05, 0) is 19.1 Å². The topological polar surface area (TPSA) is 133 Å². The van der Waals surface area contributed by atoms with Crippen molar-refractivity contribution in [1.82, 2.24) is 15.1 Å². The Labute approximate surface area is 192 Å². The van der Waals surface area contributed by atoms with Crippen LogP contribution in [0.2, 0.25) is 0 Å². The third-order valence-corrected chi connectivity index (χ3v) is 5.80. The van der Waals surface area contributed by atoms with Crippen molar-refractivity contribution in [3.05, 3.63) is 35.9 Å². The van der Waals surface area contributed by atoms with Crippen LogP contribution in [0.5, 0.6) is 0 Å². The summed E-state index contributed by atoms with van der Waals surface area (Å²) in [6.45, 7) is 1.74. The molecule has 10 nitrogen and oxygen atoms in total. The van der Waals surface area contributed by atoms with Crippen LogP contribution in [-0.2, 0) is 23.9 Å². The van der Waals surface area contributed by atoms with Crippen molar-refractivity contribution < 1.29 is 47.0 Å². The second-order valence-electron chi connectivity index (χ2n) is 8.04. The second kappa shape index (κ2) is 9.79. The Morgan fingerprint density at radius 1 is 1.18 bits per heavy atom. The van der Waals surface area contributed by atoms with Crippen LogP contribution in [0, 0.1) is 11.8 Å². The zero-order valence-electron chi connectivity index (χ0n) is 18.8. The maximum Gasteiger partial charge on any atom is 0.490 e. The van der Waals surface area contributed by atoms with Gasteiger partial charge in [0.05, 0.1) is 18.9 Å². The minimum Gasteiger partial charge on any atom is -0.475 e. The molecule has 2 aliphatic rings. The summed E-state index contributed by atoms with van der Waals surface area (Å²) in [6.07, 6.45) is -5.08. The lowest BCUT2D eigenvalue weighted by molar-refractivity contribution is -0.192. The van der Waals surface area contributed by atoms with E-state index in [0.29, 0.717) is 5.56 Å². The van der Waals surface area contributed by atoms with E-state index in [-0.39, 0.29) is 18.4 Å². The summed E-state index contributed by atoms with van der Waals surface area (Å²) in [6, 6.07) is 8.24. The van der Waals surface area contributed by atoms with Crippen molar-refractivity contribution in [1.29, 1.82) is 0 Å². The lowest BCUT2D eigenvalue weighted by atomic mass is 9.81. The highest BCUT2D eigenvalue weighted by atomic mass is 19.4. The van der Waals surface area contributed by atoms with Crippen LogP contribution in [0.15, 0.2) is 30.3 Å². The largest absolute Gasteiger partial charge is 0.490 e. The first-order valence-electron chi connectivity index (χ1n) is 9.95. The fourth-order valence-corrected chi connectivity index (χ4v) is 4.15. The van der Waals surface area contributed by atoms with E-state index in [1.54, 1.807) is 38.2 Å². The van der Waals surface area contributed by atoms with Crippen molar-refractivity contribution in [3.63, 3.8) is 0 Å². The number of fused-ring (bicyclic) bond motifs is 1. The summed E-state index contributed by atoms with van der Waals surface area (Å²) in [5.74, 6) is -5.90. The second-order valence-corrected chi connectivity index (χ2v) is 8.04. The average molecular weight is 487 g/mol. The van der Waals surface area contributed by atoms with E-state index < -0.39 is 47.4 Å². The molecule has 0 aliphatic carbocycles. The SMILES string of the molecule is COC(=O)[C@]1(C)N[C@H](CN(C)C(=O)c2ccccc2)[C@@H]2C(=O)N(C)C(=O)[C@@H]21.O=C(O)C(F)(F)F. The molecule has 13 heteroatoms. The first kappa shape index (κ1) is 26.8. The Balaban J connectivity index is 0.000000509. The molecular formula is C21H24F3N3O7. The Bertz CT molecular complexity index is 986. The number of nitrogens with one attached hydrogen (secondary N) is 1. The first-order chi connectivity index (χ1) is 15.7. The monoisotopic (exact) mass is 487 g/mol. The van der Waals surface area contributed by atoms with E-state index in [9.17, 15) is 32.3 Å². The van der Waals surface area contributed by atoms with Crippen LogP contribution in [0.3, 0.4) is 0 Å². The molecule has 3 rings (SSSR count). The van der Waals surface area contributed by atoms with Crippen LogP contribution in [-0.4, -0.2) is 90.1 Å². The predicted octanol–water partition coefficient (Wildman–Crippen LogP) is 0.526. The van der Waals surface area contributed by atoms with E-state index in [1.165, 1.54) is 19.1 Å². The molecule has 0 aromatic heterocycles. The number of ether oxygens (including phenoxy) is 1. The van der Waals surface area contributed by atoms with Gasteiger partial charge in [0.25, 0.3) is 5.91 Å². The van der Waals surface area contributed by atoms with Gasteiger partial charge in [0.2, 0.25) is 11.8 Å². The van der Waals surface area contributed by atoms with E-state index in [4.69, 9.17) is 14.6 Å². The highest BCUT2D eigenvalue weighted by Crippen LogP contribution is 2.43. The number of alkyl halides is 3. The van der Waals surface area contributed by atoms with Gasteiger partial charge in [0.15, 0.2) is 0 Å². The van der Waals surface area contributed by atoms with Crippen molar-refractivity contribution >= 4 is 29.7 Å². The molecule has 0 saturated carbocycles. The third-order valence-electron chi connectivity index (χ3n) is 5.80. The number of likely N-dealkylation sites (tertiary alicyclic amines) is 1. The van der Waals surface area contributed by atoms with Crippen molar-refractivity contribution in [2.75, 3.05) is 27.7 Å². The molecule has 2 saturated heterocycles. The molecule has 2 heterocycles. The minimum absolute atomic E-state index is 0.175. The molecule has 186 valence electrons. The number of hydrogen-bond acceptors (Lipinski definition) is 7. The Kier molecular flexibility index (Phi) is 7.71. The third kappa shape index (κ3) is 5.03. The number of amides is 3. The number of imide groups is 1. The molecule has 1 aromatic rings. The molecule has 34 heavy (non-hydrogen) atoms. The fraction of sp³-hybridized carbons (Fsp3) is 0.476. The quantitative estimate of drug-likeness (QED) is 0.464. The number of carboxylic acids is 1. The number of nitrogens with zero attached hydrogens (tertiary/aromatic N) is 2. The number of aliphatic carboxylic acids is 1. The molecule has 2 aliphatic heterocycles. The van der Waals surface area contributed by atoms with E-state index in [2.05, 4.69) is 5.32 Å². The molecule has 0 spiro atoms. The number of methoxy groups -OCH3 is 1. The number of halogens is 3. The summed E-state index contributed by atoms with van der Waals surface area (Å²) >= 11 is 0. The summed E-state index contributed by atoms with van der Waals surface area (Å²) in [5, 5.41) is 10.2. The van der Waals surface area contributed by atoms with Gasteiger partial charge >= 0.3 is 18.1 Å². The molecule has 0 unspecified atom stereocenters. The molecule has 0 radical (unpaired) electrons. The first-order valence-corrected chi connectivity index (χ1v) is 9.95. The van der Waals surface area contributed by atoms with E-state index in [0.717, 1.165) is 4.90 Å². The van der Waals surface area contributed by atoms with Crippen molar-refractivity contribution in [3.8, 4) is 0 Å². The van der Waals surface area contributed by atoms with Crippen LogP contribution >= 0.6 is 0 Å². The maximum absolute atomic E-state index is 12.6. The number of likely N-dealkylation sites (N-methyl/N-ethyl adjacent to an activating group) is 1. The van der Waals surface area contributed by atoms with Gasteiger partial charge in [-0.15, -0.1) is 0 Å². The highest BCUT2D eigenvalue weighted by Gasteiger charge is 2.66. The number of esters is 1. The number of carbonyl (C=O) groups is 5. The highest BCUT2D eigenvalue weighted by molar-refractivity contribution is 6.09. The van der Waals surface area contributed by atoms with Crippen LogP contribution < -0.4 is 5.32 Å². The maximum atomic E-state index is 12.6. The average Bonchev–Trinajstić information content (AvgIpc) is 3.21. The standard InChI is InChI=1S/C19H23N3O5.C2HF3O2/c1-19(18(26)27-4)14-13(16(24)22(3)17(14)25)12(20-19)10-21(2)15(23)11-8-6-5-7-9-11;3-2(4,5)1(6)7/h5-9,12-14,20H,10H2,1-4H3;(H,6,7)/t12-,13+,14-,19-;/m1./s1. The molecule has 1 aromatic carbocycles. The molecule has 2 N–H and O–H groups in total. The van der Waals surface area contributed by atoms with Gasteiger partial charge in [-0.3, -0.25) is 29.4 Å². The predicted molar refractivity (Wildman–Crippen MR) is 109 cm³/mol. The summed E-state index contributed by atoms with van der Waals surface area (Å²) in [7, 11) is 4.29. The smallest absolute Gasteiger partial charge is 0.475 e. The molecule has 4 atom stereocenters. The van der Waals surface area contributed by atoms with Crippen molar-refractivity contribution in [2.24, 2.45) is 11.8 Å². The normalized spacial score (nSPS) is 25.9. The minimum atomic E-state index is -5.08. The number of benzene rings is 1. The molecule has 0 bridgehead atoms. The zero-order chi connectivity index (χ0) is 26.0. The van der Waals surface area contributed by atoms with Crippen LogP contribution in [0.4, 0.5) is 13.2 Å². The van der Waals surface area contributed by atoms with Crippen LogP contribution in [0.1, 0.15) is 17.3 Å². The van der Waals surface area contributed by atoms with Crippen LogP contribution in [0.25, 0.3) is 0 Å². The van der Waals surface area contributed by atoms with Gasteiger partial charge in [-0.25, -0.2) is 4.79 Å². The number of rotatable bonds is 4. The summed E-state index contributed by atoms with van der Waals surface area (Å²) in [4.78, 5) is 61.7. The molecule has 2 fully saturated rings. The van der Waals surface area contributed by atoms with Gasteiger partial charge in [-0.1, -0.05) is 18.2 Å². The molecule has 3 amide bonds. The van der Waals surface area contributed by atoms with Gasteiger partial charge < -0.3 is 14.7 Å². The Morgan fingerprint density at radius 2 is 1.71 bits per heavy atom. The summed E-state index contributed by atoms with van der Waals surface area (Å²) < 4.78 is 36.6. The Hall–Kier alpha value is -3.48. The van der Waals surface area contributed by atoms with Gasteiger partial charge in [0.1, 0.15) is 5.54 Å². The van der Waals surface area contributed by atoms with Gasteiger partial charge in [0, 0.05) is 32.2 Å². The number of carboxylic acid groups (broad SMARTS) is 1. The number of carbonyl (C=O) groups excluding carboxylic acids is 4. The fourth-order valence-electron chi connectivity index (χ4n) is 4.15. The summed E-state index contributed by atoms with van der Waals surface area (Å²) in [5.41, 5.74) is -0.797. The lowest BCUT2D eigenvalue weighted by Crippen LogP contribution is -2.56. The lowest BCUT2D eigenvalue weighted by Gasteiger charge is -2.29.